The third-order valence-electron chi connectivity index (χ3n) is 3.86. The van der Waals surface area contributed by atoms with Gasteiger partial charge in [0.25, 0.3) is 0 Å². The largest absolute Gasteiger partial charge is 0.406 e. The molecule has 0 amide bonds. The number of rotatable bonds is 4. The van der Waals surface area contributed by atoms with E-state index in [2.05, 4.69) is 9.88 Å². The summed E-state index contributed by atoms with van der Waals surface area (Å²) >= 11 is 0. The van der Waals surface area contributed by atoms with Crippen LogP contribution in [0.15, 0.2) is 6.33 Å². The van der Waals surface area contributed by atoms with Crippen molar-refractivity contribution in [3.8, 4) is 0 Å². The van der Waals surface area contributed by atoms with Crippen molar-refractivity contribution < 1.29 is 4.92 Å². The van der Waals surface area contributed by atoms with E-state index in [-0.39, 0.29) is 11.9 Å². The Labute approximate surface area is 112 Å². The molecule has 0 spiro atoms. The van der Waals surface area contributed by atoms with Crippen LogP contribution in [-0.4, -0.2) is 33.1 Å². The molecular weight excluding hydrogens is 246 g/mol. The van der Waals surface area contributed by atoms with Crippen LogP contribution in [0, 0.1) is 10.1 Å². The highest BCUT2D eigenvalue weighted by atomic mass is 16.6. The summed E-state index contributed by atoms with van der Waals surface area (Å²) < 4.78 is 1.73. The van der Waals surface area contributed by atoms with Crippen LogP contribution in [0.2, 0.25) is 0 Å². The monoisotopic (exact) mass is 267 g/mol. The van der Waals surface area contributed by atoms with Gasteiger partial charge in [0, 0.05) is 25.7 Å². The topological polar surface area (TPSA) is 90.2 Å². The number of imidazole rings is 1. The molecule has 1 aliphatic rings. The lowest BCUT2D eigenvalue weighted by molar-refractivity contribution is -0.388. The molecule has 1 aromatic rings. The maximum atomic E-state index is 11.1. The molecule has 0 radical (unpaired) electrons. The number of nitro groups is 1. The Bertz CT molecular complexity index is 451. The molecule has 1 heterocycles. The number of aromatic nitrogens is 2. The summed E-state index contributed by atoms with van der Waals surface area (Å²) in [6, 6.07) is 0.593. The maximum Gasteiger partial charge on any atom is 0.406 e. The van der Waals surface area contributed by atoms with Crippen LogP contribution in [0.1, 0.15) is 32.6 Å². The standard InChI is InChI=1S/C12H21N5O2/c1-3-16(10-6-4-9(13)5-7-10)12-11(17(18)19)14-8-15(12)2/h8-10H,3-7,13H2,1-2H3. The van der Waals surface area contributed by atoms with Gasteiger partial charge in [-0.1, -0.05) is 0 Å². The van der Waals surface area contributed by atoms with E-state index in [0.717, 1.165) is 32.2 Å². The third-order valence-corrected chi connectivity index (χ3v) is 3.86. The summed E-state index contributed by atoms with van der Waals surface area (Å²) in [6.45, 7) is 2.76. The molecule has 1 saturated carbocycles. The van der Waals surface area contributed by atoms with Gasteiger partial charge in [0.1, 0.15) is 0 Å². The molecule has 0 aliphatic heterocycles. The van der Waals surface area contributed by atoms with E-state index < -0.39 is 4.92 Å². The first-order valence-electron chi connectivity index (χ1n) is 6.72. The normalized spacial score (nSPS) is 23.3. The number of nitrogens with two attached hydrogens (primary N) is 1. The molecule has 0 aromatic carbocycles. The number of hydrogen-bond acceptors (Lipinski definition) is 5. The molecule has 106 valence electrons. The Morgan fingerprint density at radius 2 is 2.16 bits per heavy atom. The molecule has 0 bridgehead atoms. The SMILES string of the molecule is CCN(c1c([N+](=O)[O-])ncn1C)C1CCC(N)CC1. The summed E-state index contributed by atoms with van der Waals surface area (Å²) in [6.07, 6.45) is 5.43. The smallest absolute Gasteiger partial charge is 0.358 e. The van der Waals surface area contributed by atoms with Crippen LogP contribution in [0.4, 0.5) is 11.6 Å². The van der Waals surface area contributed by atoms with Gasteiger partial charge < -0.3 is 20.7 Å². The number of anilines is 1. The fourth-order valence-corrected chi connectivity index (χ4v) is 2.87. The van der Waals surface area contributed by atoms with Crippen LogP contribution in [-0.2, 0) is 7.05 Å². The molecule has 1 aromatic heterocycles. The van der Waals surface area contributed by atoms with Crippen molar-refractivity contribution in [3.05, 3.63) is 16.4 Å². The van der Waals surface area contributed by atoms with Crippen molar-refractivity contribution >= 4 is 11.6 Å². The van der Waals surface area contributed by atoms with E-state index in [9.17, 15) is 10.1 Å². The van der Waals surface area contributed by atoms with E-state index in [1.807, 2.05) is 6.92 Å². The van der Waals surface area contributed by atoms with Crippen molar-refractivity contribution in [2.45, 2.75) is 44.7 Å². The second-order valence-corrected chi connectivity index (χ2v) is 5.11. The second-order valence-electron chi connectivity index (χ2n) is 5.11. The molecule has 0 unspecified atom stereocenters. The highest BCUT2D eigenvalue weighted by Gasteiger charge is 2.31. The van der Waals surface area contributed by atoms with Crippen LogP contribution in [0.3, 0.4) is 0 Å². The zero-order valence-corrected chi connectivity index (χ0v) is 11.5. The molecule has 2 rings (SSSR count). The van der Waals surface area contributed by atoms with Crippen molar-refractivity contribution in [3.63, 3.8) is 0 Å². The lowest BCUT2D eigenvalue weighted by Crippen LogP contribution is -2.41. The average molecular weight is 267 g/mol. The predicted molar refractivity (Wildman–Crippen MR) is 73.1 cm³/mol. The first kappa shape index (κ1) is 13.8. The van der Waals surface area contributed by atoms with Crippen LogP contribution < -0.4 is 10.6 Å². The zero-order chi connectivity index (χ0) is 14.0. The van der Waals surface area contributed by atoms with E-state index in [1.165, 1.54) is 6.33 Å². The minimum absolute atomic E-state index is 0.0563. The lowest BCUT2D eigenvalue weighted by atomic mass is 9.90. The maximum absolute atomic E-state index is 11.1. The van der Waals surface area contributed by atoms with Gasteiger partial charge in [-0.2, -0.15) is 0 Å². The van der Waals surface area contributed by atoms with Gasteiger partial charge in [0.15, 0.2) is 0 Å². The molecule has 0 atom stereocenters. The predicted octanol–water partition coefficient (Wildman–Crippen LogP) is 1.42. The number of aryl methyl sites for hydroxylation is 1. The zero-order valence-electron chi connectivity index (χ0n) is 11.5. The van der Waals surface area contributed by atoms with E-state index in [4.69, 9.17) is 5.73 Å². The molecule has 2 N–H and O–H groups in total. The molecule has 0 saturated heterocycles. The molecule has 7 heteroatoms. The summed E-state index contributed by atoms with van der Waals surface area (Å²) in [7, 11) is 1.80. The van der Waals surface area contributed by atoms with Crippen molar-refractivity contribution in [1.29, 1.82) is 0 Å². The Hall–Kier alpha value is -1.63. The van der Waals surface area contributed by atoms with Crippen LogP contribution >= 0.6 is 0 Å². The van der Waals surface area contributed by atoms with Gasteiger partial charge in [-0.25, -0.2) is 0 Å². The van der Waals surface area contributed by atoms with Gasteiger partial charge in [0.05, 0.1) is 0 Å². The van der Waals surface area contributed by atoms with Crippen LogP contribution in [0.5, 0.6) is 0 Å². The van der Waals surface area contributed by atoms with E-state index >= 15 is 0 Å². The second kappa shape index (κ2) is 5.56. The summed E-state index contributed by atoms with van der Waals surface area (Å²) in [4.78, 5) is 16.6. The lowest BCUT2D eigenvalue weighted by Gasteiger charge is -2.36. The Kier molecular flexibility index (Phi) is 4.04. The highest BCUT2D eigenvalue weighted by molar-refractivity contribution is 5.55. The number of nitrogens with zero attached hydrogens (tertiary/aromatic N) is 4. The Balaban J connectivity index is 2.26. The van der Waals surface area contributed by atoms with Gasteiger partial charge >= 0.3 is 5.82 Å². The molecule has 1 aliphatic carbocycles. The van der Waals surface area contributed by atoms with Crippen molar-refractivity contribution in [2.75, 3.05) is 11.4 Å². The third kappa shape index (κ3) is 2.70. The van der Waals surface area contributed by atoms with Crippen molar-refractivity contribution in [1.82, 2.24) is 9.55 Å². The summed E-state index contributed by atoms with van der Waals surface area (Å²) in [5.41, 5.74) is 5.92. The fraction of sp³-hybridized carbons (Fsp3) is 0.750. The Morgan fingerprint density at radius 3 is 2.68 bits per heavy atom. The summed E-state index contributed by atoms with van der Waals surface area (Å²) in [5.74, 6) is 0.548. The molecule has 1 fully saturated rings. The molecule has 19 heavy (non-hydrogen) atoms. The molecule has 7 nitrogen and oxygen atoms in total. The van der Waals surface area contributed by atoms with Gasteiger partial charge in [-0.3, -0.25) is 4.57 Å². The first-order chi connectivity index (χ1) is 9.04. The minimum atomic E-state index is -0.410. The first-order valence-corrected chi connectivity index (χ1v) is 6.72. The summed E-state index contributed by atoms with van der Waals surface area (Å²) in [5, 5.41) is 11.1. The number of hydrogen-bond donors (Lipinski definition) is 1. The average Bonchev–Trinajstić information content (AvgIpc) is 2.75. The minimum Gasteiger partial charge on any atom is -0.358 e. The van der Waals surface area contributed by atoms with Crippen molar-refractivity contribution in [2.24, 2.45) is 12.8 Å². The van der Waals surface area contributed by atoms with E-state index in [0.29, 0.717) is 11.9 Å². The fourth-order valence-electron chi connectivity index (χ4n) is 2.87. The quantitative estimate of drug-likeness (QED) is 0.658. The van der Waals surface area contributed by atoms with Crippen LogP contribution in [0.25, 0.3) is 0 Å². The van der Waals surface area contributed by atoms with Gasteiger partial charge in [-0.05, 0) is 42.5 Å². The molecular formula is C12H21N5O2. The highest BCUT2D eigenvalue weighted by Crippen LogP contribution is 2.32. The van der Waals surface area contributed by atoms with Gasteiger partial charge in [-0.15, -0.1) is 0 Å². The Morgan fingerprint density at radius 1 is 1.53 bits per heavy atom. The van der Waals surface area contributed by atoms with Gasteiger partial charge in [0.2, 0.25) is 12.1 Å². The van der Waals surface area contributed by atoms with E-state index in [1.54, 1.807) is 11.6 Å².